The predicted molar refractivity (Wildman–Crippen MR) is 121 cm³/mol. The third kappa shape index (κ3) is 3.42. The van der Waals surface area contributed by atoms with Gasteiger partial charge in [0.15, 0.2) is 0 Å². The average Bonchev–Trinajstić information content (AvgIpc) is 3.34. The molecule has 0 radical (unpaired) electrons. The quantitative estimate of drug-likeness (QED) is 0.260. The van der Waals surface area contributed by atoms with Crippen LogP contribution in [0.2, 0.25) is 0 Å². The van der Waals surface area contributed by atoms with Crippen LogP contribution in [0.5, 0.6) is 5.75 Å². The summed E-state index contributed by atoms with van der Waals surface area (Å²) in [5, 5.41) is 15.2. The Labute approximate surface area is 177 Å². The van der Waals surface area contributed by atoms with Crippen LogP contribution in [0.15, 0.2) is 71.8 Å². The summed E-state index contributed by atoms with van der Waals surface area (Å²) in [4.78, 5) is 23.6. The van der Waals surface area contributed by atoms with Gasteiger partial charge in [0, 0.05) is 27.7 Å². The van der Waals surface area contributed by atoms with Gasteiger partial charge < -0.3 is 15.1 Å². The molecule has 2 aromatic heterocycles. The number of amides is 1. The number of carbonyl (C=O) groups excluding carboxylic acids is 1. The maximum absolute atomic E-state index is 12.6. The van der Waals surface area contributed by atoms with Gasteiger partial charge in [-0.15, -0.1) is 0 Å². The van der Waals surface area contributed by atoms with Gasteiger partial charge in [0.05, 0.1) is 22.8 Å². The van der Waals surface area contributed by atoms with Crippen molar-refractivity contribution in [2.45, 2.75) is 6.92 Å². The number of aromatic amines is 2. The fraction of sp³-hybridized carbons (Fsp3) is 0.0417. The molecule has 0 aliphatic rings. The number of aryl methyl sites for hydroxylation is 1. The second kappa shape index (κ2) is 7.46. The molecular formula is C24H19N5O2. The molecule has 0 aliphatic carbocycles. The number of nitrogens with zero attached hydrogens (tertiary/aromatic N) is 2. The lowest BCUT2D eigenvalue weighted by atomic mass is 10.1. The van der Waals surface area contributed by atoms with Gasteiger partial charge >= 0.3 is 0 Å². The number of H-pyrrole nitrogens is 2. The summed E-state index contributed by atoms with van der Waals surface area (Å²) < 4.78 is 0. The number of nitrogens with one attached hydrogen (secondary N) is 3. The first-order chi connectivity index (χ1) is 15.1. The van der Waals surface area contributed by atoms with E-state index in [0.717, 1.165) is 22.2 Å². The van der Waals surface area contributed by atoms with Gasteiger partial charge in [-0.1, -0.05) is 30.3 Å². The summed E-state index contributed by atoms with van der Waals surface area (Å²) in [5.41, 5.74) is 7.98. The summed E-state index contributed by atoms with van der Waals surface area (Å²) in [5.74, 6) is 0.356. The van der Waals surface area contributed by atoms with E-state index < -0.39 is 0 Å². The number of benzene rings is 3. The van der Waals surface area contributed by atoms with Crippen LogP contribution in [0.3, 0.4) is 0 Å². The SMILES string of the molecule is Cc1[nH]c2ccccc2c1/C=N/NC(=O)c1ccc2nc(-c3ccccc3O)[nH]c2c1. The number of hydrogen-bond acceptors (Lipinski definition) is 4. The highest BCUT2D eigenvalue weighted by Gasteiger charge is 2.12. The number of fused-ring (bicyclic) bond motifs is 2. The van der Waals surface area contributed by atoms with Crippen LogP contribution < -0.4 is 5.43 Å². The molecule has 1 amide bonds. The molecular weight excluding hydrogens is 390 g/mol. The van der Waals surface area contributed by atoms with E-state index in [2.05, 4.69) is 25.5 Å². The molecule has 5 aromatic rings. The molecule has 0 saturated heterocycles. The van der Waals surface area contributed by atoms with E-state index in [9.17, 15) is 9.90 Å². The molecule has 152 valence electrons. The summed E-state index contributed by atoms with van der Waals surface area (Å²) in [6, 6.07) is 20.1. The molecule has 2 heterocycles. The minimum atomic E-state index is -0.325. The number of aromatic hydroxyl groups is 1. The van der Waals surface area contributed by atoms with Gasteiger partial charge in [0.1, 0.15) is 11.6 Å². The van der Waals surface area contributed by atoms with Crippen LogP contribution in [0.1, 0.15) is 21.6 Å². The van der Waals surface area contributed by atoms with Crippen LogP contribution in [-0.4, -0.2) is 32.2 Å². The maximum atomic E-state index is 12.6. The lowest BCUT2D eigenvalue weighted by molar-refractivity contribution is 0.0955. The fourth-order valence-electron chi connectivity index (χ4n) is 3.64. The fourth-order valence-corrected chi connectivity index (χ4v) is 3.64. The van der Waals surface area contributed by atoms with Crippen LogP contribution in [0.25, 0.3) is 33.3 Å². The molecule has 0 saturated carbocycles. The molecule has 0 unspecified atom stereocenters. The molecule has 3 aromatic carbocycles. The zero-order valence-corrected chi connectivity index (χ0v) is 16.7. The summed E-state index contributed by atoms with van der Waals surface area (Å²) in [6.45, 7) is 1.97. The Morgan fingerprint density at radius 2 is 1.84 bits per heavy atom. The zero-order valence-electron chi connectivity index (χ0n) is 16.7. The normalized spacial score (nSPS) is 11.5. The number of hydrogen-bond donors (Lipinski definition) is 4. The van der Waals surface area contributed by atoms with Gasteiger partial charge in [-0.05, 0) is 43.3 Å². The maximum Gasteiger partial charge on any atom is 0.271 e. The number of carbonyl (C=O) groups is 1. The molecule has 0 spiro atoms. The van der Waals surface area contributed by atoms with E-state index in [1.54, 1.807) is 42.6 Å². The molecule has 31 heavy (non-hydrogen) atoms. The van der Waals surface area contributed by atoms with Crippen molar-refractivity contribution in [2.75, 3.05) is 0 Å². The highest BCUT2D eigenvalue weighted by atomic mass is 16.3. The first-order valence-corrected chi connectivity index (χ1v) is 9.79. The van der Waals surface area contributed by atoms with Crippen molar-refractivity contribution >= 4 is 34.1 Å². The lowest BCUT2D eigenvalue weighted by Crippen LogP contribution is -2.17. The summed E-state index contributed by atoms with van der Waals surface area (Å²) in [7, 11) is 0. The average molecular weight is 409 g/mol. The van der Waals surface area contributed by atoms with Crippen molar-refractivity contribution in [1.82, 2.24) is 20.4 Å². The first kappa shape index (κ1) is 18.6. The summed E-state index contributed by atoms with van der Waals surface area (Å²) >= 11 is 0. The molecule has 5 rings (SSSR count). The first-order valence-electron chi connectivity index (χ1n) is 9.79. The van der Waals surface area contributed by atoms with Crippen LogP contribution in [0, 0.1) is 6.92 Å². The van der Waals surface area contributed by atoms with Gasteiger partial charge in [0.2, 0.25) is 0 Å². The molecule has 7 heteroatoms. The Morgan fingerprint density at radius 3 is 2.71 bits per heavy atom. The minimum Gasteiger partial charge on any atom is -0.507 e. The molecule has 4 N–H and O–H groups in total. The van der Waals surface area contributed by atoms with Crippen LogP contribution in [-0.2, 0) is 0 Å². The van der Waals surface area contributed by atoms with Crippen molar-refractivity contribution < 1.29 is 9.90 Å². The van der Waals surface area contributed by atoms with Crippen LogP contribution in [0.4, 0.5) is 0 Å². The minimum absolute atomic E-state index is 0.140. The number of aromatic nitrogens is 3. The van der Waals surface area contributed by atoms with Gasteiger partial charge in [-0.3, -0.25) is 4.79 Å². The predicted octanol–water partition coefficient (Wildman–Crippen LogP) is 4.49. The topological polar surface area (TPSA) is 106 Å². The number of para-hydroxylation sites is 2. The molecule has 0 bridgehead atoms. The second-order valence-corrected chi connectivity index (χ2v) is 7.24. The second-order valence-electron chi connectivity index (χ2n) is 7.24. The van der Waals surface area contributed by atoms with Gasteiger partial charge in [0.25, 0.3) is 5.91 Å². The van der Waals surface area contributed by atoms with E-state index in [0.29, 0.717) is 28.0 Å². The number of hydrazone groups is 1. The zero-order chi connectivity index (χ0) is 21.4. The largest absolute Gasteiger partial charge is 0.507 e. The van der Waals surface area contributed by atoms with Crippen molar-refractivity contribution in [3.63, 3.8) is 0 Å². The van der Waals surface area contributed by atoms with Crippen molar-refractivity contribution in [3.8, 4) is 17.1 Å². The van der Waals surface area contributed by atoms with E-state index in [-0.39, 0.29) is 11.7 Å². The van der Waals surface area contributed by atoms with Gasteiger partial charge in [-0.2, -0.15) is 5.10 Å². The van der Waals surface area contributed by atoms with Crippen LogP contribution >= 0.6 is 0 Å². The monoisotopic (exact) mass is 409 g/mol. The Balaban J connectivity index is 1.38. The van der Waals surface area contributed by atoms with Crippen molar-refractivity contribution in [1.29, 1.82) is 0 Å². The van der Waals surface area contributed by atoms with Crippen molar-refractivity contribution in [3.05, 3.63) is 83.6 Å². The Bertz CT molecular complexity index is 1460. The molecule has 0 fully saturated rings. The van der Waals surface area contributed by atoms with E-state index >= 15 is 0 Å². The Hall–Kier alpha value is -4.39. The van der Waals surface area contributed by atoms with Gasteiger partial charge in [-0.25, -0.2) is 10.4 Å². The molecule has 0 aliphatic heterocycles. The summed E-state index contributed by atoms with van der Waals surface area (Å²) in [6.07, 6.45) is 1.65. The smallest absolute Gasteiger partial charge is 0.271 e. The third-order valence-corrected chi connectivity index (χ3v) is 5.21. The Morgan fingerprint density at radius 1 is 1.03 bits per heavy atom. The highest BCUT2D eigenvalue weighted by molar-refractivity contribution is 6.02. The number of phenols is 1. The van der Waals surface area contributed by atoms with Crippen molar-refractivity contribution in [2.24, 2.45) is 5.10 Å². The lowest BCUT2D eigenvalue weighted by Gasteiger charge is -2.00. The molecule has 0 atom stereocenters. The number of imidazole rings is 1. The standard InChI is InChI=1S/C24H19N5O2/c1-14-18(16-6-2-4-8-19(16)26-14)13-25-29-24(31)15-10-11-20-21(12-15)28-23(27-20)17-7-3-5-9-22(17)30/h2-13,26,30H,1H3,(H,27,28)(H,29,31)/b25-13+. The van der Waals surface area contributed by atoms with E-state index in [4.69, 9.17) is 0 Å². The van der Waals surface area contributed by atoms with E-state index in [1.165, 1.54) is 0 Å². The highest BCUT2D eigenvalue weighted by Crippen LogP contribution is 2.28. The third-order valence-electron chi connectivity index (χ3n) is 5.21. The van der Waals surface area contributed by atoms with E-state index in [1.807, 2.05) is 37.3 Å². The molecule has 7 nitrogen and oxygen atoms in total. The number of rotatable bonds is 4. The number of phenolic OH excluding ortho intramolecular Hbond substituents is 1. The Kier molecular flexibility index (Phi) is 4.48.